The minimum absolute atomic E-state index is 0.0783. The molecule has 3 rings (SSSR count). The van der Waals surface area contributed by atoms with Crippen molar-refractivity contribution in [1.82, 2.24) is 4.98 Å². The van der Waals surface area contributed by atoms with Crippen molar-refractivity contribution < 1.29 is 4.74 Å². The maximum absolute atomic E-state index is 12.3. The summed E-state index contributed by atoms with van der Waals surface area (Å²) in [6.45, 7) is 0. The van der Waals surface area contributed by atoms with Gasteiger partial charge in [-0.2, -0.15) is 5.26 Å². The smallest absolute Gasteiger partial charge is 0.266 e. The van der Waals surface area contributed by atoms with Crippen LogP contribution in [0, 0.1) is 11.3 Å². The first-order valence-corrected chi connectivity index (χ1v) is 7.58. The topological polar surface area (TPSA) is 65.9 Å². The fourth-order valence-electron chi connectivity index (χ4n) is 2.45. The number of aromatic amines is 1. The molecule has 0 unspecified atom stereocenters. The zero-order valence-electron chi connectivity index (χ0n) is 12.8. The summed E-state index contributed by atoms with van der Waals surface area (Å²) in [5.74, 6) is 0.729. The lowest BCUT2D eigenvalue weighted by Crippen LogP contribution is -2.12. The molecule has 0 aliphatic heterocycles. The SMILES string of the molecule is COc1ccc(-c2cc(-c3ccc(Cl)cc3)c(C#N)c(=O)[nH]2)cc1. The number of methoxy groups -OCH3 is 1. The molecule has 0 bridgehead atoms. The predicted octanol–water partition coefficient (Wildman–Crippen LogP) is 4.24. The Morgan fingerprint density at radius 2 is 1.67 bits per heavy atom. The minimum Gasteiger partial charge on any atom is -0.497 e. The van der Waals surface area contributed by atoms with Crippen LogP contribution in [-0.2, 0) is 0 Å². The highest BCUT2D eigenvalue weighted by Gasteiger charge is 2.12. The Kier molecular flexibility index (Phi) is 4.37. The summed E-state index contributed by atoms with van der Waals surface area (Å²) in [5, 5.41) is 9.93. The lowest BCUT2D eigenvalue weighted by molar-refractivity contribution is 0.415. The van der Waals surface area contributed by atoms with Crippen molar-refractivity contribution in [3.8, 4) is 34.2 Å². The number of aromatic nitrogens is 1. The molecule has 0 saturated heterocycles. The predicted molar refractivity (Wildman–Crippen MR) is 94.2 cm³/mol. The Morgan fingerprint density at radius 3 is 2.25 bits per heavy atom. The Labute approximate surface area is 143 Å². The molecule has 0 fully saturated rings. The Hall–Kier alpha value is -3.03. The van der Waals surface area contributed by atoms with Gasteiger partial charge >= 0.3 is 0 Å². The molecule has 1 N–H and O–H groups in total. The third-order valence-corrected chi connectivity index (χ3v) is 3.95. The number of benzene rings is 2. The molecule has 0 radical (unpaired) electrons. The molecule has 118 valence electrons. The largest absolute Gasteiger partial charge is 0.497 e. The number of hydrogen-bond acceptors (Lipinski definition) is 3. The van der Waals surface area contributed by atoms with E-state index in [0.29, 0.717) is 16.3 Å². The first kappa shape index (κ1) is 15.9. The minimum atomic E-state index is -0.421. The molecule has 5 heteroatoms. The summed E-state index contributed by atoms with van der Waals surface area (Å²) in [5.41, 5.74) is 2.45. The number of H-pyrrole nitrogens is 1. The second-order valence-electron chi connectivity index (χ2n) is 5.15. The van der Waals surface area contributed by atoms with Gasteiger partial charge in [0, 0.05) is 16.3 Å². The zero-order valence-corrected chi connectivity index (χ0v) is 13.6. The van der Waals surface area contributed by atoms with Gasteiger partial charge in [-0.25, -0.2) is 0 Å². The molecule has 0 atom stereocenters. The number of nitrogens with one attached hydrogen (secondary N) is 1. The number of halogens is 1. The van der Waals surface area contributed by atoms with Crippen LogP contribution in [0.25, 0.3) is 22.4 Å². The van der Waals surface area contributed by atoms with Gasteiger partial charge in [0.1, 0.15) is 17.4 Å². The van der Waals surface area contributed by atoms with E-state index in [1.807, 2.05) is 30.3 Å². The van der Waals surface area contributed by atoms with Crippen LogP contribution in [0.2, 0.25) is 5.02 Å². The Balaban J connectivity index is 2.17. The Morgan fingerprint density at radius 1 is 1.04 bits per heavy atom. The number of nitriles is 1. The van der Waals surface area contributed by atoms with Crippen molar-refractivity contribution in [3.63, 3.8) is 0 Å². The van der Waals surface area contributed by atoms with Gasteiger partial charge < -0.3 is 9.72 Å². The maximum Gasteiger partial charge on any atom is 0.266 e. The van der Waals surface area contributed by atoms with E-state index in [1.54, 1.807) is 37.4 Å². The average Bonchev–Trinajstić information content (AvgIpc) is 2.62. The van der Waals surface area contributed by atoms with E-state index >= 15 is 0 Å². The van der Waals surface area contributed by atoms with E-state index in [-0.39, 0.29) is 5.56 Å². The number of nitrogens with zero attached hydrogens (tertiary/aromatic N) is 1. The molecule has 4 nitrogen and oxygen atoms in total. The molecule has 3 aromatic rings. The van der Waals surface area contributed by atoms with Gasteiger partial charge in [-0.15, -0.1) is 0 Å². The normalized spacial score (nSPS) is 10.2. The van der Waals surface area contributed by atoms with Gasteiger partial charge in [0.05, 0.1) is 7.11 Å². The number of rotatable bonds is 3. The van der Waals surface area contributed by atoms with Crippen LogP contribution >= 0.6 is 11.6 Å². The lowest BCUT2D eigenvalue weighted by atomic mass is 9.99. The molecular formula is C19H13ClN2O2. The van der Waals surface area contributed by atoms with Crippen molar-refractivity contribution in [2.75, 3.05) is 7.11 Å². The number of pyridine rings is 1. The zero-order chi connectivity index (χ0) is 17.1. The second kappa shape index (κ2) is 6.61. The maximum atomic E-state index is 12.3. The molecule has 0 aliphatic rings. The van der Waals surface area contributed by atoms with E-state index in [2.05, 4.69) is 4.98 Å². The van der Waals surface area contributed by atoms with Crippen LogP contribution in [0.1, 0.15) is 5.56 Å². The third-order valence-electron chi connectivity index (χ3n) is 3.70. The lowest BCUT2D eigenvalue weighted by Gasteiger charge is -2.09. The van der Waals surface area contributed by atoms with Crippen molar-refractivity contribution in [1.29, 1.82) is 5.26 Å². The van der Waals surface area contributed by atoms with Gasteiger partial charge in [0.25, 0.3) is 5.56 Å². The summed E-state index contributed by atoms with van der Waals surface area (Å²) in [7, 11) is 1.59. The molecule has 0 amide bonds. The van der Waals surface area contributed by atoms with E-state index in [0.717, 1.165) is 16.9 Å². The highest BCUT2D eigenvalue weighted by Crippen LogP contribution is 2.27. The van der Waals surface area contributed by atoms with Gasteiger partial charge in [0.15, 0.2) is 0 Å². The van der Waals surface area contributed by atoms with Crippen molar-refractivity contribution in [2.45, 2.75) is 0 Å². The molecule has 0 spiro atoms. The molecule has 24 heavy (non-hydrogen) atoms. The van der Waals surface area contributed by atoms with E-state index in [4.69, 9.17) is 16.3 Å². The molecule has 0 aliphatic carbocycles. The van der Waals surface area contributed by atoms with E-state index in [9.17, 15) is 10.1 Å². The summed E-state index contributed by atoms with van der Waals surface area (Å²) < 4.78 is 5.14. The van der Waals surface area contributed by atoms with Crippen LogP contribution in [-0.4, -0.2) is 12.1 Å². The van der Waals surface area contributed by atoms with Crippen LogP contribution in [0.4, 0.5) is 0 Å². The Bertz CT molecular complexity index is 968. The molecular weight excluding hydrogens is 324 g/mol. The second-order valence-corrected chi connectivity index (χ2v) is 5.58. The fraction of sp³-hybridized carbons (Fsp3) is 0.0526. The number of hydrogen-bond donors (Lipinski definition) is 1. The van der Waals surface area contributed by atoms with Crippen LogP contribution in [0.15, 0.2) is 59.4 Å². The average molecular weight is 337 g/mol. The van der Waals surface area contributed by atoms with E-state index in [1.165, 1.54) is 0 Å². The van der Waals surface area contributed by atoms with Crippen LogP contribution < -0.4 is 10.3 Å². The summed E-state index contributed by atoms with van der Waals surface area (Å²) in [4.78, 5) is 15.1. The summed E-state index contributed by atoms with van der Waals surface area (Å²) in [6.07, 6.45) is 0. The van der Waals surface area contributed by atoms with Crippen LogP contribution in [0.5, 0.6) is 5.75 Å². The van der Waals surface area contributed by atoms with Gasteiger partial charge in [0.2, 0.25) is 0 Å². The van der Waals surface area contributed by atoms with Gasteiger partial charge in [-0.05, 0) is 53.6 Å². The van der Waals surface area contributed by atoms with Gasteiger partial charge in [-0.3, -0.25) is 4.79 Å². The monoisotopic (exact) mass is 336 g/mol. The third kappa shape index (κ3) is 3.03. The highest BCUT2D eigenvalue weighted by atomic mass is 35.5. The first-order chi connectivity index (χ1) is 11.6. The van der Waals surface area contributed by atoms with Crippen LogP contribution in [0.3, 0.4) is 0 Å². The summed E-state index contributed by atoms with van der Waals surface area (Å²) in [6, 6.07) is 18.1. The van der Waals surface area contributed by atoms with Crippen molar-refractivity contribution in [3.05, 3.63) is 75.5 Å². The molecule has 0 saturated carbocycles. The quantitative estimate of drug-likeness (QED) is 0.777. The fourth-order valence-corrected chi connectivity index (χ4v) is 2.58. The van der Waals surface area contributed by atoms with Crippen molar-refractivity contribution >= 4 is 11.6 Å². The molecule has 1 heterocycles. The summed E-state index contributed by atoms with van der Waals surface area (Å²) >= 11 is 5.92. The van der Waals surface area contributed by atoms with E-state index < -0.39 is 5.56 Å². The molecule has 1 aromatic heterocycles. The first-order valence-electron chi connectivity index (χ1n) is 7.20. The number of ether oxygens (including phenoxy) is 1. The molecule has 2 aromatic carbocycles. The van der Waals surface area contributed by atoms with Gasteiger partial charge in [-0.1, -0.05) is 23.7 Å². The van der Waals surface area contributed by atoms with Crippen molar-refractivity contribution in [2.24, 2.45) is 0 Å². The standard InChI is InChI=1S/C19H13ClN2O2/c1-24-15-8-4-13(5-9-15)18-10-16(17(11-21)19(23)22-18)12-2-6-14(20)7-3-12/h2-10H,1H3,(H,22,23). The highest BCUT2D eigenvalue weighted by molar-refractivity contribution is 6.30.